The number of piperazine rings is 1. The van der Waals surface area contributed by atoms with Gasteiger partial charge < -0.3 is 19.9 Å². The van der Waals surface area contributed by atoms with Crippen molar-refractivity contribution in [2.24, 2.45) is 0 Å². The van der Waals surface area contributed by atoms with Crippen molar-refractivity contribution in [3.05, 3.63) is 53.6 Å². The fraction of sp³-hybridized carbons (Fsp3) is 0.368. The van der Waals surface area contributed by atoms with Crippen LogP contribution < -0.4 is 14.8 Å². The van der Waals surface area contributed by atoms with Gasteiger partial charge in [0, 0.05) is 31.7 Å². The molecule has 0 unspecified atom stereocenters. The predicted octanol–water partition coefficient (Wildman–Crippen LogP) is 5.03. The summed E-state index contributed by atoms with van der Waals surface area (Å²) in [5.41, 5.74) is 0.619. The third-order valence-electron chi connectivity index (χ3n) is 4.47. The van der Waals surface area contributed by atoms with Crippen molar-refractivity contribution in [3.8, 4) is 17.2 Å². The normalized spacial score (nSPS) is 15.8. The van der Waals surface area contributed by atoms with E-state index in [-0.39, 0.29) is 36.1 Å². The number of phenolic OH excluding ortho intramolecular Hbond substituents is 1. The summed E-state index contributed by atoms with van der Waals surface area (Å²) in [6.45, 7) is 2.22. The number of alkyl halides is 6. The maximum Gasteiger partial charge on any atom is 0.573 e. The number of aromatic hydroxyl groups is 1. The maximum atomic E-state index is 12.6. The molecule has 0 aromatic heterocycles. The maximum absolute atomic E-state index is 12.6. The van der Waals surface area contributed by atoms with Crippen molar-refractivity contribution in [1.29, 1.82) is 0 Å². The SMILES string of the molecule is Cl.Cl.Oc1ccc(OC(F)(F)F)cc1[C@@H](c1ccc(OC(F)(F)F)cc1)N1CCNCC1. The Kier molecular flexibility index (Phi) is 9.76. The summed E-state index contributed by atoms with van der Waals surface area (Å²) in [5, 5.41) is 13.5. The summed E-state index contributed by atoms with van der Waals surface area (Å²) < 4.78 is 82.9. The van der Waals surface area contributed by atoms with Gasteiger partial charge in [-0.05, 0) is 35.9 Å². The Hall–Kier alpha value is -2.08. The number of hydrogen-bond acceptors (Lipinski definition) is 5. The van der Waals surface area contributed by atoms with E-state index in [4.69, 9.17) is 0 Å². The highest BCUT2D eigenvalue weighted by atomic mass is 35.5. The highest BCUT2D eigenvalue weighted by Crippen LogP contribution is 2.38. The van der Waals surface area contributed by atoms with Crippen LogP contribution in [0.4, 0.5) is 26.3 Å². The van der Waals surface area contributed by atoms with E-state index in [1.165, 1.54) is 12.1 Å². The molecule has 0 amide bonds. The predicted molar refractivity (Wildman–Crippen MR) is 109 cm³/mol. The van der Waals surface area contributed by atoms with Crippen molar-refractivity contribution in [1.82, 2.24) is 10.2 Å². The van der Waals surface area contributed by atoms with Gasteiger partial charge in [0.1, 0.15) is 17.2 Å². The van der Waals surface area contributed by atoms with Gasteiger partial charge in [0.15, 0.2) is 0 Å². The highest BCUT2D eigenvalue weighted by molar-refractivity contribution is 5.85. The molecule has 3 rings (SSSR count). The Morgan fingerprint density at radius 1 is 0.812 bits per heavy atom. The molecule has 1 atom stereocenters. The summed E-state index contributed by atoms with van der Waals surface area (Å²) in [6.07, 6.45) is -9.75. The molecular weight excluding hydrogens is 489 g/mol. The van der Waals surface area contributed by atoms with Crippen LogP contribution in [0.1, 0.15) is 17.2 Å². The van der Waals surface area contributed by atoms with E-state index in [2.05, 4.69) is 14.8 Å². The Morgan fingerprint density at radius 2 is 1.31 bits per heavy atom. The molecule has 1 aliphatic rings. The zero-order chi connectivity index (χ0) is 21.9. The molecule has 180 valence electrons. The third kappa shape index (κ3) is 7.80. The standard InChI is InChI=1S/C19H18F6N2O3.2ClH/c20-18(21,22)29-13-3-1-12(2-4-13)17(27-9-7-26-8-10-27)15-11-14(5-6-16(15)28)30-19(23,24)25;;/h1-6,11,17,26,28H,7-10H2;2*1H/t17-;;/m1../s1. The second-order valence-corrected chi connectivity index (χ2v) is 6.57. The first-order chi connectivity index (χ1) is 14.0. The molecule has 0 spiro atoms. The van der Waals surface area contributed by atoms with Gasteiger partial charge in [-0.15, -0.1) is 51.2 Å². The fourth-order valence-electron chi connectivity index (χ4n) is 3.33. The van der Waals surface area contributed by atoms with Gasteiger partial charge in [-0.1, -0.05) is 12.1 Å². The number of halogens is 8. The molecule has 0 aliphatic carbocycles. The van der Waals surface area contributed by atoms with Crippen LogP contribution in [-0.4, -0.2) is 48.9 Å². The van der Waals surface area contributed by atoms with Gasteiger partial charge >= 0.3 is 12.7 Å². The van der Waals surface area contributed by atoms with E-state index < -0.39 is 30.3 Å². The molecule has 0 radical (unpaired) electrons. The summed E-state index contributed by atoms with van der Waals surface area (Å²) >= 11 is 0. The van der Waals surface area contributed by atoms with Crippen molar-refractivity contribution in [2.75, 3.05) is 26.2 Å². The zero-order valence-corrected chi connectivity index (χ0v) is 17.9. The van der Waals surface area contributed by atoms with Crippen LogP contribution in [0.25, 0.3) is 0 Å². The molecule has 1 aliphatic heterocycles. The van der Waals surface area contributed by atoms with Crippen LogP contribution >= 0.6 is 24.8 Å². The van der Waals surface area contributed by atoms with E-state index >= 15 is 0 Å². The van der Waals surface area contributed by atoms with E-state index in [0.29, 0.717) is 31.7 Å². The lowest BCUT2D eigenvalue weighted by Gasteiger charge is -2.36. The molecule has 2 N–H and O–H groups in total. The van der Waals surface area contributed by atoms with Gasteiger partial charge in [0.05, 0.1) is 6.04 Å². The molecule has 2 aromatic carbocycles. The lowest BCUT2D eigenvalue weighted by molar-refractivity contribution is -0.275. The number of nitrogens with one attached hydrogen (secondary N) is 1. The Morgan fingerprint density at radius 3 is 1.84 bits per heavy atom. The lowest BCUT2D eigenvalue weighted by Crippen LogP contribution is -2.45. The average Bonchev–Trinajstić information content (AvgIpc) is 2.64. The van der Waals surface area contributed by atoms with Crippen molar-refractivity contribution < 1.29 is 40.9 Å². The van der Waals surface area contributed by atoms with Gasteiger partial charge in [0.2, 0.25) is 0 Å². The van der Waals surface area contributed by atoms with Crippen LogP contribution in [0.2, 0.25) is 0 Å². The zero-order valence-electron chi connectivity index (χ0n) is 16.2. The fourth-order valence-corrected chi connectivity index (χ4v) is 3.33. The van der Waals surface area contributed by atoms with E-state index in [0.717, 1.165) is 30.3 Å². The summed E-state index contributed by atoms with van der Waals surface area (Å²) in [6, 6.07) is 7.44. The van der Waals surface area contributed by atoms with Crippen LogP contribution in [-0.2, 0) is 0 Å². The third-order valence-corrected chi connectivity index (χ3v) is 4.47. The van der Waals surface area contributed by atoms with E-state index in [9.17, 15) is 31.4 Å². The average molecular weight is 509 g/mol. The molecule has 0 bridgehead atoms. The van der Waals surface area contributed by atoms with Crippen molar-refractivity contribution in [2.45, 2.75) is 18.8 Å². The van der Waals surface area contributed by atoms with Crippen molar-refractivity contribution in [3.63, 3.8) is 0 Å². The number of benzene rings is 2. The summed E-state index contributed by atoms with van der Waals surface area (Å²) in [7, 11) is 0. The lowest BCUT2D eigenvalue weighted by atomic mass is 9.95. The molecule has 13 heteroatoms. The van der Waals surface area contributed by atoms with Crippen LogP contribution in [0.3, 0.4) is 0 Å². The van der Waals surface area contributed by atoms with Crippen LogP contribution in [0, 0.1) is 0 Å². The minimum absolute atomic E-state index is 0. The first-order valence-corrected chi connectivity index (χ1v) is 8.91. The summed E-state index contributed by atoms with van der Waals surface area (Å²) in [5.74, 6) is -1.19. The van der Waals surface area contributed by atoms with Gasteiger partial charge in [-0.2, -0.15) is 0 Å². The van der Waals surface area contributed by atoms with Crippen molar-refractivity contribution >= 4 is 24.8 Å². The Labute approximate surface area is 192 Å². The first kappa shape index (κ1) is 28.0. The molecule has 5 nitrogen and oxygen atoms in total. The number of phenols is 1. The molecule has 32 heavy (non-hydrogen) atoms. The Bertz CT molecular complexity index is 860. The first-order valence-electron chi connectivity index (χ1n) is 8.91. The molecule has 1 saturated heterocycles. The number of nitrogens with zero attached hydrogens (tertiary/aromatic N) is 1. The van der Waals surface area contributed by atoms with Gasteiger partial charge in [0.25, 0.3) is 0 Å². The second-order valence-electron chi connectivity index (χ2n) is 6.57. The Balaban J connectivity index is 0.00000256. The number of hydrogen-bond donors (Lipinski definition) is 2. The quantitative estimate of drug-likeness (QED) is 0.555. The van der Waals surface area contributed by atoms with E-state index in [1.807, 2.05) is 4.90 Å². The number of rotatable bonds is 5. The minimum Gasteiger partial charge on any atom is -0.508 e. The molecule has 1 fully saturated rings. The van der Waals surface area contributed by atoms with Crippen LogP contribution in [0.5, 0.6) is 17.2 Å². The monoisotopic (exact) mass is 508 g/mol. The topological polar surface area (TPSA) is 54.0 Å². The minimum atomic E-state index is -4.91. The number of ether oxygens (including phenoxy) is 2. The van der Waals surface area contributed by atoms with Gasteiger partial charge in [-0.25, -0.2) is 0 Å². The molecule has 1 heterocycles. The molecular formula is C19H20Cl2F6N2O3. The van der Waals surface area contributed by atoms with Gasteiger partial charge in [-0.3, -0.25) is 4.90 Å². The highest BCUT2D eigenvalue weighted by Gasteiger charge is 2.33. The largest absolute Gasteiger partial charge is 0.573 e. The van der Waals surface area contributed by atoms with Crippen LogP contribution in [0.15, 0.2) is 42.5 Å². The summed E-state index contributed by atoms with van der Waals surface area (Å²) in [4.78, 5) is 1.91. The smallest absolute Gasteiger partial charge is 0.508 e. The molecule has 2 aromatic rings. The van der Waals surface area contributed by atoms with E-state index in [1.54, 1.807) is 0 Å². The second kappa shape index (κ2) is 11.2. The molecule has 0 saturated carbocycles.